The van der Waals surface area contributed by atoms with Crippen molar-refractivity contribution in [3.63, 3.8) is 0 Å². The summed E-state index contributed by atoms with van der Waals surface area (Å²) in [6, 6.07) is 25.1. The van der Waals surface area contributed by atoms with Crippen molar-refractivity contribution in [1.82, 2.24) is 15.8 Å². The molecule has 4 aromatic carbocycles. The Balaban J connectivity index is 1.22. The zero-order valence-electron chi connectivity index (χ0n) is 36.3. The van der Waals surface area contributed by atoms with E-state index in [1.165, 1.54) is 48.5 Å². The number of rotatable bonds is 17. The van der Waals surface area contributed by atoms with Crippen LogP contribution in [0, 0.1) is 11.1 Å². The first-order valence-electron chi connectivity index (χ1n) is 20.4. The largest absolute Gasteiger partial charge is 0.466 e. The van der Waals surface area contributed by atoms with Crippen molar-refractivity contribution in [2.24, 2.45) is 5.92 Å². The number of amides is 2. The average Bonchev–Trinajstić information content (AvgIpc) is 3.80. The number of methoxy groups -OCH3 is 1. The number of ether oxygens (including phenoxy) is 5. The maximum Gasteiger partial charge on any atom is 0.420 e. The highest BCUT2D eigenvalue weighted by molar-refractivity contribution is 7.91. The van der Waals surface area contributed by atoms with Gasteiger partial charge < -0.3 is 39.5 Å². The highest BCUT2D eigenvalue weighted by Crippen LogP contribution is 2.44. The van der Waals surface area contributed by atoms with Gasteiger partial charge in [0.05, 0.1) is 23.6 Å². The van der Waals surface area contributed by atoms with Gasteiger partial charge in [-0.25, -0.2) is 22.8 Å². The van der Waals surface area contributed by atoms with Gasteiger partial charge in [-0.1, -0.05) is 92.7 Å². The van der Waals surface area contributed by atoms with Gasteiger partial charge in [0.15, 0.2) is 0 Å². The monoisotopic (exact) mass is 912 g/mol. The normalized spacial score (nSPS) is 13.6. The molecule has 0 unspecified atom stereocenters. The van der Waals surface area contributed by atoms with Crippen LogP contribution >= 0.6 is 0 Å². The SMILES string of the molecule is COC(=O)[C@@H](OC(=O)[C@H](Cc1ccc(Oc2no[n+]([O-])c2S(=O)(=O)c2ccccc2)cc1)NC(=O)[C@H](CC(=O)OC(C)(C)C)NC(=O)OCC1c2ccccc2-c2ccccc21)C(C)C. The van der Waals surface area contributed by atoms with E-state index in [1.807, 2.05) is 48.5 Å². The number of nitrogens with one attached hydrogen (secondary N) is 2. The van der Waals surface area contributed by atoms with E-state index >= 15 is 0 Å². The second kappa shape index (κ2) is 20.0. The van der Waals surface area contributed by atoms with Crippen LogP contribution in [-0.4, -0.2) is 81.0 Å². The van der Waals surface area contributed by atoms with Crippen molar-refractivity contribution in [3.8, 4) is 22.8 Å². The minimum Gasteiger partial charge on any atom is -0.466 e. The highest BCUT2D eigenvalue weighted by atomic mass is 32.2. The molecule has 0 spiro atoms. The Morgan fingerprint density at radius 1 is 0.815 bits per heavy atom. The van der Waals surface area contributed by atoms with E-state index in [4.69, 9.17) is 23.7 Å². The number of sulfone groups is 1. The van der Waals surface area contributed by atoms with Crippen molar-refractivity contribution in [2.45, 2.75) is 87.1 Å². The van der Waals surface area contributed by atoms with Crippen LogP contribution in [0.2, 0.25) is 0 Å². The number of esters is 3. The molecular weight excluding hydrogens is 865 g/mol. The predicted molar refractivity (Wildman–Crippen MR) is 229 cm³/mol. The molecule has 0 radical (unpaired) electrons. The van der Waals surface area contributed by atoms with E-state index in [2.05, 4.69) is 20.4 Å². The Hall–Kier alpha value is -7.28. The quantitative estimate of drug-likeness (QED) is 0.0680. The van der Waals surface area contributed by atoms with Crippen LogP contribution in [0.5, 0.6) is 11.6 Å². The molecule has 19 heteroatoms. The number of alkyl carbamates (subject to hydrolysis) is 1. The first-order chi connectivity index (χ1) is 30.9. The van der Waals surface area contributed by atoms with E-state index in [9.17, 15) is 37.6 Å². The van der Waals surface area contributed by atoms with Crippen LogP contribution in [0.1, 0.15) is 63.6 Å². The topological polar surface area (TPSA) is 243 Å². The molecule has 0 aliphatic heterocycles. The molecular formula is C46H48N4O14S. The minimum absolute atomic E-state index is 0.00519. The molecule has 1 aliphatic carbocycles. The van der Waals surface area contributed by atoms with Crippen molar-refractivity contribution >= 4 is 39.7 Å². The van der Waals surface area contributed by atoms with Crippen LogP contribution in [0.25, 0.3) is 11.1 Å². The Morgan fingerprint density at radius 3 is 2.00 bits per heavy atom. The molecule has 0 fully saturated rings. The van der Waals surface area contributed by atoms with Gasteiger partial charge in [-0.15, -0.1) is 0 Å². The molecule has 1 aromatic heterocycles. The molecule has 2 N–H and O–H groups in total. The Bertz CT molecular complexity index is 2600. The van der Waals surface area contributed by atoms with Crippen LogP contribution < -0.4 is 20.3 Å². The fraction of sp³-hybridized carbons (Fsp3) is 0.326. The molecule has 1 aliphatic rings. The summed E-state index contributed by atoms with van der Waals surface area (Å²) in [5, 5.41) is 20.0. The summed E-state index contributed by atoms with van der Waals surface area (Å²) < 4.78 is 58.3. The zero-order valence-corrected chi connectivity index (χ0v) is 37.2. The predicted octanol–water partition coefficient (Wildman–Crippen LogP) is 5.34. The number of hydrogen-bond acceptors (Lipinski definition) is 15. The third kappa shape index (κ3) is 11.5. The highest BCUT2D eigenvalue weighted by Gasteiger charge is 2.38. The number of aromatic nitrogens is 2. The average molecular weight is 913 g/mol. The fourth-order valence-electron chi connectivity index (χ4n) is 7.04. The second-order valence-electron chi connectivity index (χ2n) is 16.3. The van der Waals surface area contributed by atoms with Gasteiger partial charge in [0.25, 0.3) is 9.84 Å². The minimum atomic E-state index is -4.43. The molecule has 65 heavy (non-hydrogen) atoms. The third-order valence-electron chi connectivity index (χ3n) is 10.1. The molecule has 0 bridgehead atoms. The number of hydrogen-bond donors (Lipinski definition) is 2. The van der Waals surface area contributed by atoms with Gasteiger partial charge in [0, 0.05) is 18.3 Å². The van der Waals surface area contributed by atoms with E-state index in [0.29, 0.717) is 5.56 Å². The maximum atomic E-state index is 14.2. The molecule has 0 saturated carbocycles. The van der Waals surface area contributed by atoms with Gasteiger partial charge in [-0.3, -0.25) is 14.2 Å². The molecule has 342 valence electrons. The third-order valence-corrected chi connectivity index (χ3v) is 11.8. The van der Waals surface area contributed by atoms with Crippen molar-refractivity contribution in [3.05, 3.63) is 125 Å². The number of nitrogens with zero attached hydrogens (tertiary/aromatic N) is 2. The van der Waals surface area contributed by atoms with Gasteiger partial charge in [0.1, 0.15) is 30.0 Å². The van der Waals surface area contributed by atoms with E-state index in [1.54, 1.807) is 40.7 Å². The lowest BCUT2D eigenvalue weighted by atomic mass is 9.98. The molecule has 6 rings (SSSR count). The fourth-order valence-corrected chi connectivity index (χ4v) is 8.32. The Morgan fingerprint density at radius 2 is 1.42 bits per heavy atom. The van der Waals surface area contributed by atoms with E-state index in [-0.39, 0.29) is 34.5 Å². The lowest BCUT2D eigenvalue weighted by Crippen LogP contribution is -2.54. The molecule has 5 aromatic rings. The van der Waals surface area contributed by atoms with E-state index in [0.717, 1.165) is 29.4 Å². The molecule has 18 nitrogen and oxygen atoms in total. The molecule has 1 heterocycles. The van der Waals surface area contributed by atoms with Crippen LogP contribution in [-0.2, 0) is 54.4 Å². The summed E-state index contributed by atoms with van der Waals surface area (Å²) in [5.41, 5.74) is 3.33. The molecule has 3 atom stereocenters. The van der Waals surface area contributed by atoms with Crippen LogP contribution in [0.15, 0.2) is 118 Å². The Kier molecular flexibility index (Phi) is 14.6. The second-order valence-corrected chi connectivity index (χ2v) is 18.2. The van der Waals surface area contributed by atoms with Crippen molar-refractivity contribution in [2.75, 3.05) is 13.7 Å². The van der Waals surface area contributed by atoms with Gasteiger partial charge in [-0.05, 0) is 77.8 Å². The number of carbonyl (C=O) groups excluding carboxylic acids is 5. The number of carbonyl (C=O) groups is 5. The first kappa shape index (κ1) is 47.2. The van der Waals surface area contributed by atoms with Gasteiger partial charge in [-0.2, -0.15) is 0 Å². The number of benzene rings is 4. The smallest absolute Gasteiger partial charge is 0.420 e. The van der Waals surface area contributed by atoms with Crippen molar-refractivity contribution in [1.29, 1.82) is 0 Å². The van der Waals surface area contributed by atoms with Gasteiger partial charge >= 0.3 is 34.9 Å². The summed E-state index contributed by atoms with van der Waals surface area (Å²) >= 11 is 0. The molecule has 2 amide bonds. The summed E-state index contributed by atoms with van der Waals surface area (Å²) in [5.74, 6) is -5.23. The summed E-state index contributed by atoms with van der Waals surface area (Å²) in [4.78, 5) is 66.8. The zero-order chi connectivity index (χ0) is 47.1. The number of fused-ring (bicyclic) bond motifs is 3. The lowest BCUT2D eigenvalue weighted by Gasteiger charge is -2.26. The van der Waals surface area contributed by atoms with Crippen molar-refractivity contribution < 1.29 is 65.6 Å². The van der Waals surface area contributed by atoms with Crippen LogP contribution in [0.4, 0.5) is 4.79 Å². The van der Waals surface area contributed by atoms with Gasteiger partial charge in [0.2, 0.25) is 12.0 Å². The first-order valence-corrected chi connectivity index (χ1v) is 21.9. The lowest BCUT2D eigenvalue weighted by molar-refractivity contribution is -0.832. The summed E-state index contributed by atoms with van der Waals surface area (Å²) in [6.45, 7) is 8.03. The molecule has 0 saturated heterocycles. The Labute approximate surface area is 374 Å². The van der Waals surface area contributed by atoms with E-state index < -0.39 is 86.8 Å². The standard InChI is InChI=1S/C46H48N4O14S/c1-27(2)39(44(54)59-6)62-43(53)37(24-28-20-22-29(23-21-28)61-41-42(50(56)64-49-41)65(57,58)30-14-8-7-9-15-30)47-40(52)36(25-38(51)63-46(3,4)5)48-45(55)60-26-35-33-18-12-10-16-31(33)32-17-11-13-19-34(32)35/h7-23,27,35-37,39H,24-26H2,1-6H3,(H,47,52)(H,48,55)/t36-,37-,39-/m0/s1. The summed E-state index contributed by atoms with van der Waals surface area (Å²) in [6.07, 6.45) is -3.33. The van der Waals surface area contributed by atoms with Crippen LogP contribution in [0.3, 0.4) is 0 Å². The maximum absolute atomic E-state index is 14.2. The summed E-state index contributed by atoms with van der Waals surface area (Å²) in [7, 11) is -3.30.